The fourth-order valence-electron chi connectivity index (χ4n) is 2.18. The molecular formula is C13H19ClN4O4S. The Labute approximate surface area is 140 Å². The molecule has 2 heterocycles. The highest BCUT2D eigenvalue weighted by Gasteiger charge is 2.27. The lowest BCUT2D eigenvalue weighted by Crippen LogP contribution is -2.48. The van der Waals surface area contributed by atoms with Gasteiger partial charge in [0.2, 0.25) is 15.9 Å². The van der Waals surface area contributed by atoms with Gasteiger partial charge in [-0.25, -0.2) is 18.4 Å². The van der Waals surface area contributed by atoms with Crippen molar-refractivity contribution in [1.82, 2.24) is 19.2 Å². The fraction of sp³-hybridized carbons (Fsp3) is 0.615. The zero-order valence-corrected chi connectivity index (χ0v) is 14.5. The zero-order chi connectivity index (χ0) is 17.0. The van der Waals surface area contributed by atoms with E-state index in [4.69, 9.17) is 16.3 Å². The summed E-state index contributed by atoms with van der Waals surface area (Å²) in [6.45, 7) is 0.781. The molecular weight excluding hydrogens is 344 g/mol. The molecule has 0 aliphatic carbocycles. The number of halogens is 1. The first-order valence-electron chi connectivity index (χ1n) is 7.09. The Balaban J connectivity index is 1.92. The van der Waals surface area contributed by atoms with Crippen LogP contribution in [0.5, 0.6) is 6.01 Å². The lowest BCUT2D eigenvalue weighted by molar-refractivity contribution is -0.133. The van der Waals surface area contributed by atoms with Crippen molar-refractivity contribution in [2.45, 2.75) is 18.9 Å². The van der Waals surface area contributed by atoms with E-state index >= 15 is 0 Å². The van der Waals surface area contributed by atoms with Crippen molar-refractivity contribution < 1.29 is 17.9 Å². The van der Waals surface area contributed by atoms with Crippen molar-refractivity contribution in [3.63, 3.8) is 0 Å². The lowest BCUT2D eigenvalue weighted by Gasteiger charge is -2.33. The second-order valence-corrected chi connectivity index (χ2v) is 7.95. The van der Waals surface area contributed by atoms with Gasteiger partial charge in [0.15, 0.2) is 0 Å². The molecule has 1 aliphatic heterocycles. The minimum atomic E-state index is -3.38. The first-order valence-corrected chi connectivity index (χ1v) is 9.31. The minimum absolute atomic E-state index is 0.178. The molecule has 1 aliphatic rings. The number of amides is 1. The van der Waals surface area contributed by atoms with E-state index in [9.17, 15) is 13.2 Å². The van der Waals surface area contributed by atoms with Gasteiger partial charge in [-0.2, -0.15) is 4.31 Å². The number of nitrogens with zero attached hydrogens (tertiary/aromatic N) is 4. The molecule has 0 aromatic carbocycles. The number of hydrogen-bond acceptors (Lipinski definition) is 6. The van der Waals surface area contributed by atoms with Crippen LogP contribution in [0.2, 0.25) is 5.02 Å². The van der Waals surface area contributed by atoms with E-state index in [0.29, 0.717) is 18.1 Å². The molecule has 23 heavy (non-hydrogen) atoms. The number of carbonyl (C=O) groups is 1. The van der Waals surface area contributed by atoms with Crippen molar-refractivity contribution >= 4 is 27.5 Å². The quantitative estimate of drug-likeness (QED) is 0.752. The highest BCUT2D eigenvalue weighted by molar-refractivity contribution is 7.88. The van der Waals surface area contributed by atoms with Gasteiger partial charge in [0.1, 0.15) is 6.10 Å². The summed E-state index contributed by atoms with van der Waals surface area (Å²) in [5.41, 5.74) is 0. The Morgan fingerprint density at radius 3 is 2.74 bits per heavy atom. The molecule has 1 amide bonds. The van der Waals surface area contributed by atoms with Crippen molar-refractivity contribution in [2.24, 2.45) is 0 Å². The van der Waals surface area contributed by atoms with E-state index in [2.05, 4.69) is 9.97 Å². The van der Waals surface area contributed by atoms with E-state index < -0.39 is 10.0 Å². The van der Waals surface area contributed by atoms with Crippen LogP contribution in [0, 0.1) is 0 Å². The molecule has 1 saturated heterocycles. The largest absolute Gasteiger partial charge is 0.458 e. The van der Waals surface area contributed by atoms with Gasteiger partial charge in [-0.15, -0.1) is 0 Å². The predicted octanol–water partition coefficient (Wildman–Crippen LogP) is 0.391. The minimum Gasteiger partial charge on any atom is -0.458 e. The van der Waals surface area contributed by atoms with Crippen LogP contribution in [0.3, 0.4) is 0 Å². The average molecular weight is 363 g/mol. The Kier molecular flexibility index (Phi) is 5.77. The summed E-state index contributed by atoms with van der Waals surface area (Å²) in [6.07, 6.45) is 5.27. The lowest BCUT2D eigenvalue weighted by atomic mass is 10.1. The molecule has 0 N–H and O–H groups in total. The Morgan fingerprint density at radius 1 is 1.48 bits per heavy atom. The van der Waals surface area contributed by atoms with E-state index in [1.54, 1.807) is 4.90 Å². The van der Waals surface area contributed by atoms with Crippen LogP contribution in [-0.2, 0) is 14.8 Å². The highest BCUT2D eigenvalue weighted by atomic mass is 35.5. The maximum atomic E-state index is 12.2. The Morgan fingerprint density at radius 2 is 2.13 bits per heavy atom. The SMILES string of the molecule is CN(CC(=O)N1CCC[C@H](Oc2ncc(Cl)cn2)C1)S(C)(=O)=O. The van der Waals surface area contributed by atoms with Gasteiger partial charge in [-0.1, -0.05) is 11.6 Å². The highest BCUT2D eigenvalue weighted by Crippen LogP contribution is 2.16. The molecule has 8 nitrogen and oxygen atoms in total. The molecule has 1 aromatic heterocycles. The van der Waals surface area contributed by atoms with Crippen molar-refractivity contribution in [3.8, 4) is 6.01 Å². The number of aromatic nitrogens is 2. The summed E-state index contributed by atoms with van der Waals surface area (Å²) < 4.78 is 29.5. The summed E-state index contributed by atoms with van der Waals surface area (Å²) in [5, 5.41) is 0.418. The molecule has 0 bridgehead atoms. The van der Waals surface area contributed by atoms with Crippen LogP contribution < -0.4 is 4.74 Å². The third-order valence-electron chi connectivity index (χ3n) is 3.52. The van der Waals surface area contributed by atoms with E-state index in [-0.39, 0.29) is 24.6 Å². The van der Waals surface area contributed by atoms with Gasteiger partial charge in [0.25, 0.3) is 0 Å². The zero-order valence-electron chi connectivity index (χ0n) is 13.0. The summed E-state index contributed by atoms with van der Waals surface area (Å²) >= 11 is 5.72. The van der Waals surface area contributed by atoms with Gasteiger partial charge in [-0.3, -0.25) is 4.79 Å². The van der Waals surface area contributed by atoms with Crippen LogP contribution in [0.15, 0.2) is 12.4 Å². The number of likely N-dealkylation sites (tertiary alicyclic amines) is 1. The van der Waals surface area contributed by atoms with Crippen molar-refractivity contribution in [3.05, 3.63) is 17.4 Å². The number of rotatable bonds is 5. The van der Waals surface area contributed by atoms with Gasteiger partial charge in [0, 0.05) is 13.6 Å². The summed E-state index contributed by atoms with van der Waals surface area (Å²) in [5.74, 6) is -0.247. The normalized spacial score (nSPS) is 19.0. The maximum absolute atomic E-state index is 12.2. The number of ether oxygens (including phenoxy) is 1. The number of hydrogen-bond donors (Lipinski definition) is 0. The van der Waals surface area contributed by atoms with Crippen molar-refractivity contribution in [2.75, 3.05) is 32.9 Å². The van der Waals surface area contributed by atoms with Crippen LogP contribution in [0.1, 0.15) is 12.8 Å². The van der Waals surface area contributed by atoms with E-state index in [1.807, 2.05) is 0 Å². The fourth-order valence-corrected chi connectivity index (χ4v) is 2.62. The number of carbonyl (C=O) groups excluding carboxylic acids is 1. The van der Waals surface area contributed by atoms with E-state index in [0.717, 1.165) is 23.4 Å². The van der Waals surface area contributed by atoms with Crippen LogP contribution in [-0.4, -0.2) is 72.5 Å². The summed E-state index contributed by atoms with van der Waals surface area (Å²) in [6, 6.07) is 0.210. The first-order chi connectivity index (χ1) is 10.8. The molecule has 10 heteroatoms. The van der Waals surface area contributed by atoms with Crippen LogP contribution >= 0.6 is 11.6 Å². The molecule has 128 valence electrons. The maximum Gasteiger partial charge on any atom is 0.316 e. The molecule has 1 fully saturated rings. The number of piperidine rings is 1. The Hall–Kier alpha value is -1.45. The Bertz CT molecular complexity index is 652. The molecule has 0 saturated carbocycles. The average Bonchev–Trinajstić information content (AvgIpc) is 2.49. The van der Waals surface area contributed by atoms with Crippen LogP contribution in [0.25, 0.3) is 0 Å². The molecule has 1 atom stereocenters. The topological polar surface area (TPSA) is 92.7 Å². The third-order valence-corrected chi connectivity index (χ3v) is 4.98. The van der Waals surface area contributed by atoms with E-state index in [1.165, 1.54) is 19.4 Å². The first kappa shape index (κ1) is 17.9. The number of likely N-dealkylation sites (N-methyl/N-ethyl adjacent to an activating group) is 1. The smallest absolute Gasteiger partial charge is 0.316 e. The van der Waals surface area contributed by atoms with Crippen LogP contribution in [0.4, 0.5) is 0 Å². The van der Waals surface area contributed by atoms with Crippen molar-refractivity contribution in [1.29, 1.82) is 0 Å². The van der Waals surface area contributed by atoms with Gasteiger partial charge < -0.3 is 9.64 Å². The standard InChI is InChI=1S/C13H19ClN4O4S/c1-17(23(2,20)21)9-12(19)18-5-3-4-11(8-18)22-13-15-6-10(14)7-16-13/h6-7,11H,3-5,8-9H2,1-2H3/t11-/m0/s1. The summed E-state index contributed by atoms with van der Waals surface area (Å²) in [4.78, 5) is 21.7. The van der Waals surface area contributed by atoms with Gasteiger partial charge >= 0.3 is 6.01 Å². The molecule has 0 spiro atoms. The van der Waals surface area contributed by atoms with Gasteiger partial charge in [-0.05, 0) is 12.8 Å². The summed E-state index contributed by atoms with van der Waals surface area (Å²) in [7, 11) is -2.00. The molecule has 0 unspecified atom stereocenters. The molecule has 2 rings (SSSR count). The second kappa shape index (κ2) is 7.41. The third kappa shape index (κ3) is 5.29. The number of sulfonamides is 1. The molecule has 0 radical (unpaired) electrons. The second-order valence-electron chi connectivity index (χ2n) is 5.42. The monoisotopic (exact) mass is 362 g/mol. The predicted molar refractivity (Wildman–Crippen MR) is 84.7 cm³/mol. The molecule has 1 aromatic rings. The van der Waals surface area contributed by atoms with Gasteiger partial charge in [0.05, 0.1) is 36.8 Å².